The minimum absolute atomic E-state index is 0.265. The maximum atomic E-state index is 6.41. The molecule has 1 atom stereocenters. The molecule has 3 nitrogen and oxygen atoms in total. The van der Waals surface area contributed by atoms with Crippen LogP contribution in [-0.4, -0.2) is 23.2 Å². The fourth-order valence-electron chi connectivity index (χ4n) is 3.79. The lowest BCUT2D eigenvalue weighted by atomic mass is 9.91. The van der Waals surface area contributed by atoms with E-state index in [0.29, 0.717) is 17.1 Å². The van der Waals surface area contributed by atoms with Crippen molar-refractivity contribution < 1.29 is 4.74 Å². The number of fused-ring (bicyclic) bond motifs is 1. The van der Waals surface area contributed by atoms with Gasteiger partial charge < -0.3 is 10.1 Å². The highest BCUT2D eigenvalue weighted by molar-refractivity contribution is 6.32. The molecule has 136 valence electrons. The van der Waals surface area contributed by atoms with Crippen LogP contribution in [0.25, 0.3) is 10.8 Å². The summed E-state index contributed by atoms with van der Waals surface area (Å²) in [5.41, 5.74) is 0. The van der Waals surface area contributed by atoms with Crippen molar-refractivity contribution in [1.29, 1.82) is 0 Å². The van der Waals surface area contributed by atoms with Gasteiger partial charge in [0, 0.05) is 29.9 Å². The van der Waals surface area contributed by atoms with Crippen LogP contribution in [0, 0.1) is 0 Å². The molecular weight excluding hydrogens is 332 g/mol. The zero-order valence-electron chi connectivity index (χ0n) is 15.3. The predicted octanol–water partition coefficient (Wildman–Crippen LogP) is 5.75. The van der Waals surface area contributed by atoms with Gasteiger partial charge in [-0.1, -0.05) is 31.9 Å². The Morgan fingerprint density at radius 1 is 1.20 bits per heavy atom. The topological polar surface area (TPSA) is 34.1 Å². The van der Waals surface area contributed by atoms with Crippen molar-refractivity contribution in [2.75, 3.05) is 0 Å². The number of hydrogen-bond acceptors (Lipinski definition) is 3. The van der Waals surface area contributed by atoms with Gasteiger partial charge in [-0.2, -0.15) is 0 Å². The summed E-state index contributed by atoms with van der Waals surface area (Å²) in [5, 5.41) is 6.68. The molecule has 1 saturated carbocycles. The molecule has 4 heteroatoms. The first-order valence-electron chi connectivity index (χ1n) is 9.65. The molecule has 0 spiro atoms. The van der Waals surface area contributed by atoms with E-state index in [1.54, 1.807) is 6.20 Å². The highest BCUT2D eigenvalue weighted by Gasteiger charge is 2.24. The molecule has 1 aromatic carbocycles. The SMILES string of the molecule is CCCC(CC)NC1CCC(Oc2cc3ccncc3cc2Cl)CC1. The van der Waals surface area contributed by atoms with Gasteiger partial charge in [0.25, 0.3) is 0 Å². The number of benzene rings is 1. The van der Waals surface area contributed by atoms with E-state index in [1.165, 1.54) is 32.1 Å². The van der Waals surface area contributed by atoms with Gasteiger partial charge in [-0.3, -0.25) is 4.98 Å². The highest BCUT2D eigenvalue weighted by Crippen LogP contribution is 2.33. The molecule has 25 heavy (non-hydrogen) atoms. The lowest BCUT2D eigenvalue weighted by molar-refractivity contribution is 0.136. The molecule has 1 unspecified atom stereocenters. The van der Waals surface area contributed by atoms with Gasteiger partial charge in [-0.15, -0.1) is 0 Å². The fourth-order valence-corrected chi connectivity index (χ4v) is 4.01. The van der Waals surface area contributed by atoms with E-state index in [0.717, 1.165) is 29.4 Å². The molecule has 0 amide bonds. The summed E-state index contributed by atoms with van der Waals surface area (Å²) in [6.07, 6.45) is 12.2. The van der Waals surface area contributed by atoms with Crippen LogP contribution in [-0.2, 0) is 0 Å². The monoisotopic (exact) mass is 360 g/mol. The minimum Gasteiger partial charge on any atom is -0.489 e. The summed E-state index contributed by atoms with van der Waals surface area (Å²) < 4.78 is 6.24. The molecule has 2 aromatic rings. The van der Waals surface area contributed by atoms with Crippen LogP contribution >= 0.6 is 11.6 Å². The molecular formula is C21H29ClN2O. The van der Waals surface area contributed by atoms with Crippen LogP contribution in [0.1, 0.15) is 58.8 Å². The van der Waals surface area contributed by atoms with E-state index in [9.17, 15) is 0 Å². The first-order chi connectivity index (χ1) is 12.2. The number of pyridine rings is 1. The fraction of sp³-hybridized carbons (Fsp3) is 0.571. The van der Waals surface area contributed by atoms with Crippen LogP contribution in [0.5, 0.6) is 5.75 Å². The predicted molar refractivity (Wildman–Crippen MR) is 106 cm³/mol. The van der Waals surface area contributed by atoms with Gasteiger partial charge in [0.15, 0.2) is 0 Å². The average Bonchev–Trinajstić information content (AvgIpc) is 2.63. The molecule has 1 N–H and O–H groups in total. The van der Waals surface area contributed by atoms with E-state index in [1.807, 2.05) is 24.4 Å². The Kier molecular flexibility index (Phi) is 6.55. The molecule has 1 aliphatic rings. The summed E-state index contributed by atoms with van der Waals surface area (Å²) in [5.74, 6) is 0.800. The summed E-state index contributed by atoms with van der Waals surface area (Å²) in [7, 11) is 0. The summed E-state index contributed by atoms with van der Waals surface area (Å²) in [4.78, 5) is 4.14. The van der Waals surface area contributed by atoms with Crippen LogP contribution in [0.2, 0.25) is 5.02 Å². The second-order valence-corrected chi connectivity index (χ2v) is 7.56. The van der Waals surface area contributed by atoms with Gasteiger partial charge >= 0.3 is 0 Å². The molecule has 0 radical (unpaired) electrons. The molecule has 3 rings (SSSR count). The maximum absolute atomic E-state index is 6.41. The Balaban J connectivity index is 1.56. The summed E-state index contributed by atoms with van der Waals surface area (Å²) in [6.45, 7) is 4.54. The van der Waals surface area contributed by atoms with Gasteiger partial charge in [0.1, 0.15) is 5.75 Å². The smallest absolute Gasteiger partial charge is 0.138 e. The van der Waals surface area contributed by atoms with Crippen LogP contribution in [0.15, 0.2) is 30.6 Å². The Morgan fingerprint density at radius 2 is 2.00 bits per heavy atom. The number of rotatable bonds is 7. The van der Waals surface area contributed by atoms with E-state index < -0.39 is 0 Å². The second-order valence-electron chi connectivity index (χ2n) is 7.16. The lowest BCUT2D eigenvalue weighted by Crippen LogP contribution is -2.41. The molecule has 0 aliphatic heterocycles. The van der Waals surface area contributed by atoms with Crippen LogP contribution in [0.4, 0.5) is 0 Å². The van der Waals surface area contributed by atoms with E-state index in [4.69, 9.17) is 16.3 Å². The first kappa shape index (κ1) is 18.5. The molecule has 1 heterocycles. The number of halogens is 1. The van der Waals surface area contributed by atoms with Crippen molar-refractivity contribution in [1.82, 2.24) is 10.3 Å². The Labute approximate surface area is 156 Å². The van der Waals surface area contributed by atoms with Crippen molar-refractivity contribution in [2.45, 2.75) is 77.0 Å². The largest absolute Gasteiger partial charge is 0.489 e. The first-order valence-corrected chi connectivity index (χ1v) is 10.0. The zero-order chi connectivity index (χ0) is 17.6. The van der Waals surface area contributed by atoms with Crippen molar-refractivity contribution in [3.8, 4) is 5.75 Å². The third kappa shape index (κ3) is 4.86. The lowest BCUT2D eigenvalue weighted by Gasteiger charge is -2.32. The van der Waals surface area contributed by atoms with E-state index >= 15 is 0 Å². The maximum Gasteiger partial charge on any atom is 0.138 e. The number of aromatic nitrogens is 1. The molecule has 1 aromatic heterocycles. The van der Waals surface area contributed by atoms with Crippen molar-refractivity contribution >= 4 is 22.4 Å². The summed E-state index contributed by atoms with van der Waals surface area (Å²) >= 11 is 6.41. The van der Waals surface area contributed by atoms with Crippen LogP contribution < -0.4 is 10.1 Å². The number of nitrogens with zero attached hydrogens (tertiary/aromatic N) is 1. The van der Waals surface area contributed by atoms with Crippen molar-refractivity contribution in [3.05, 3.63) is 35.6 Å². The van der Waals surface area contributed by atoms with E-state index in [-0.39, 0.29) is 6.10 Å². The van der Waals surface area contributed by atoms with E-state index in [2.05, 4.69) is 24.1 Å². The Hall–Kier alpha value is -1.32. The second kappa shape index (κ2) is 8.86. The van der Waals surface area contributed by atoms with Gasteiger partial charge in [0.2, 0.25) is 0 Å². The third-order valence-corrected chi connectivity index (χ3v) is 5.56. The quantitative estimate of drug-likeness (QED) is 0.682. The number of nitrogens with one attached hydrogen (secondary N) is 1. The highest BCUT2D eigenvalue weighted by atomic mass is 35.5. The normalized spacial score (nSPS) is 22.0. The molecule has 0 bridgehead atoms. The minimum atomic E-state index is 0.265. The Bertz CT molecular complexity index is 683. The van der Waals surface area contributed by atoms with Crippen molar-refractivity contribution in [3.63, 3.8) is 0 Å². The summed E-state index contributed by atoms with van der Waals surface area (Å²) in [6, 6.07) is 7.28. The Morgan fingerprint density at radius 3 is 2.72 bits per heavy atom. The molecule has 0 saturated heterocycles. The van der Waals surface area contributed by atoms with Gasteiger partial charge in [-0.25, -0.2) is 0 Å². The number of hydrogen-bond donors (Lipinski definition) is 1. The standard InChI is InChI=1S/C21H29ClN2O/c1-3-5-17(4-2)24-18-6-8-19(9-7-18)25-21-13-15-10-11-23-14-16(15)12-20(21)22/h10-14,17-19,24H,3-9H2,1-2H3. The zero-order valence-corrected chi connectivity index (χ0v) is 16.1. The molecule has 1 fully saturated rings. The third-order valence-electron chi connectivity index (χ3n) is 5.26. The number of ether oxygens (including phenoxy) is 1. The average molecular weight is 361 g/mol. The molecule has 1 aliphatic carbocycles. The van der Waals surface area contributed by atoms with Gasteiger partial charge in [-0.05, 0) is 62.1 Å². The van der Waals surface area contributed by atoms with Gasteiger partial charge in [0.05, 0.1) is 11.1 Å². The van der Waals surface area contributed by atoms with Crippen LogP contribution in [0.3, 0.4) is 0 Å². The van der Waals surface area contributed by atoms with Crippen molar-refractivity contribution in [2.24, 2.45) is 0 Å².